The average Bonchev–Trinajstić information content (AvgIpc) is 3.04. The van der Waals surface area contributed by atoms with Crippen LogP contribution in [-0.2, 0) is 16.1 Å². The van der Waals surface area contributed by atoms with Crippen LogP contribution in [-0.4, -0.2) is 36.2 Å². The molecule has 1 aromatic carbocycles. The van der Waals surface area contributed by atoms with Crippen molar-refractivity contribution in [3.05, 3.63) is 57.3 Å². The van der Waals surface area contributed by atoms with Gasteiger partial charge in [0.25, 0.3) is 5.91 Å². The molecule has 0 aliphatic rings. The maximum Gasteiger partial charge on any atom is 0.348 e. The van der Waals surface area contributed by atoms with E-state index >= 15 is 0 Å². The van der Waals surface area contributed by atoms with E-state index in [0.717, 1.165) is 22.5 Å². The molecule has 2 aromatic rings. The lowest BCUT2D eigenvalue weighted by molar-refractivity contribution is -0.133. The number of ether oxygens (including phenoxy) is 1. The number of amides is 1. The molecule has 0 unspecified atom stereocenters. The van der Waals surface area contributed by atoms with Gasteiger partial charge in [-0.25, -0.2) is 4.79 Å². The topological polar surface area (TPSA) is 63.7 Å². The highest BCUT2D eigenvalue weighted by Crippen LogP contribution is 2.18. The van der Waals surface area contributed by atoms with Crippen LogP contribution in [0.2, 0.25) is 0 Å². The van der Waals surface area contributed by atoms with Crippen LogP contribution in [0.1, 0.15) is 37.4 Å². The second kappa shape index (κ2) is 7.88. The molecule has 0 bridgehead atoms. The van der Waals surface area contributed by atoms with E-state index in [1.807, 2.05) is 31.2 Å². The van der Waals surface area contributed by atoms with E-state index in [1.165, 1.54) is 17.9 Å². The summed E-state index contributed by atoms with van der Waals surface area (Å²) in [6.45, 7) is 3.55. The standard InChI is InChI=1S/C18H19NO4S/c1-12-6-4-5-7-14(12)10-19(3)17(21)11-23-18(22)16-9-8-15(24-16)13(2)20/h4-9H,10-11H2,1-3H3. The summed E-state index contributed by atoms with van der Waals surface area (Å²) >= 11 is 1.06. The zero-order chi connectivity index (χ0) is 17.7. The van der Waals surface area contributed by atoms with Gasteiger partial charge in [0, 0.05) is 13.6 Å². The average molecular weight is 345 g/mol. The van der Waals surface area contributed by atoms with E-state index in [0.29, 0.717) is 16.3 Å². The van der Waals surface area contributed by atoms with Crippen LogP contribution in [0.5, 0.6) is 0 Å². The Labute approximate surface area is 144 Å². The normalized spacial score (nSPS) is 10.3. The van der Waals surface area contributed by atoms with E-state index < -0.39 is 5.97 Å². The first-order valence-corrected chi connectivity index (χ1v) is 8.26. The smallest absolute Gasteiger partial charge is 0.348 e. The van der Waals surface area contributed by atoms with Crippen molar-refractivity contribution in [3.63, 3.8) is 0 Å². The lowest BCUT2D eigenvalue weighted by Crippen LogP contribution is -2.31. The molecule has 2 rings (SSSR count). The Hall–Kier alpha value is -2.47. The fraction of sp³-hybridized carbons (Fsp3) is 0.278. The van der Waals surface area contributed by atoms with Crippen molar-refractivity contribution in [2.24, 2.45) is 0 Å². The number of hydrogen-bond acceptors (Lipinski definition) is 5. The van der Waals surface area contributed by atoms with Gasteiger partial charge >= 0.3 is 5.97 Å². The molecule has 0 atom stereocenters. The minimum atomic E-state index is -0.592. The molecule has 0 radical (unpaired) electrons. The zero-order valence-electron chi connectivity index (χ0n) is 13.9. The summed E-state index contributed by atoms with van der Waals surface area (Å²) in [7, 11) is 1.67. The largest absolute Gasteiger partial charge is 0.451 e. The van der Waals surface area contributed by atoms with Crippen LogP contribution >= 0.6 is 11.3 Å². The summed E-state index contributed by atoms with van der Waals surface area (Å²) in [5, 5.41) is 0. The number of nitrogens with zero attached hydrogens (tertiary/aromatic N) is 1. The molecule has 0 saturated carbocycles. The van der Waals surface area contributed by atoms with Gasteiger partial charge in [-0.1, -0.05) is 24.3 Å². The first kappa shape index (κ1) is 17.9. The second-order valence-electron chi connectivity index (χ2n) is 5.47. The number of rotatable bonds is 6. The van der Waals surface area contributed by atoms with Gasteiger partial charge < -0.3 is 9.64 Å². The minimum absolute atomic E-state index is 0.104. The molecule has 1 heterocycles. The van der Waals surface area contributed by atoms with E-state index in [4.69, 9.17) is 4.74 Å². The van der Waals surface area contributed by atoms with E-state index in [1.54, 1.807) is 13.1 Å². The van der Waals surface area contributed by atoms with Crippen molar-refractivity contribution in [1.29, 1.82) is 0 Å². The molecular weight excluding hydrogens is 326 g/mol. The highest BCUT2D eigenvalue weighted by atomic mass is 32.1. The number of benzene rings is 1. The van der Waals surface area contributed by atoms with Gasteiger partial charge in [-0.3, -0.25) is 9.59 Å². The number of carbonyl (C=O) groups excluding carboxylic acids is 3. The zero-order valence-corrected chi connectivity index (χ0v) is 14.7. The van der Waals surface area contributed by atoms with Gasteiger partial charge in [0.05, 0.1) is 4.88 Å². The summed E-state index contributed by atoms with van der Waals surface area (Å²) in [5.74, 6) is -0.979. The third-order valence-electron chi connectivity index (χ3n) is 3.58. The highest BCUT2D eigenvalue weighted by molar-refractivity contribution is 7.15. The van der Waals surface area contributed by atoms with Gasteiger partial charge in [0.1, 0.15) is 4.88 Å². The maximum atomic E-state index is 12.1. The third kappa shape index (κ3) is 4.52. The molecule has 1 aromatic heterocycles. The first-order chi connectivity index (χ1) is 11.4. The first-order valence-electron chi connectivity index (χ1n) is 7.45. The van der Waals surface area contributed by atoms with Crippen molar-refractivity contribution in [2.45, 2.75) is 20.4 Å². The Balaban J connectivity index is 1.88. The van der Waals surface area contributed by atoms with Crippen molar-refractivity contribution < 1.29 is 19.1 Å². The SMILES string of the molecule is CC(=O)c1ccc(C(=O)OCC(=O)N(C)Cc2ccccc2C)s1. The monoisotopic (exact) mass is 345 g/mol. The maximum absolute atomic E-state index is 12.1. The summed E-state index contributed by atoms with van der Waals surface area (Å²) in [6, 6.07) is 10.9. The lowest BCUT2D eigenvalue weighted by Gasteiger charge is -2.18. The summed E-state index contributed by atoms with van der Waals surface area (Å²) in [5.41, 5.74) is 2.15. The van der Waals surface area contributed by atoms with Gasteiger partial charge in [0.2, 0.25) is 0 Å². The van der Waals surface area contributed by atoms with Crippen molar-refractivity contribution in [1.82, 2.24) is 4.90 Å². The van der Waals surface area contributed by atoms with E-state index in [-0.39, 0.29) is 18.3 Å². The highest BCUT2D eigenvalue weighted by Gasteiger charge is 2.16. The molecule has 6 heteroatoms. The molecule has 126 valence electrons. The van der Waals surface area contributed by atoms with Crippen molar-refractivity contribution in [2.75, 3.05) is 13.7 Å². The quantitative estimate of drug-likeness (QED) is 0.596. The molecule has 5 nitrogen and oxygen atoms in total. The van der Waals surface area contributed by atoms with Crippen LogP contribution < -0.4 is 0 Å². The van der Waals surface area contributed by atoms with E-state index in [2.05, 4.69) is 0 Å². The van der Waals surface area contributed by atoms with Crippen LogP contribution in [0.3, 0.4) is 0 Å². The van der Waals surface area contributed by atoms with Crippen molar-refractivity contribution in [3.8, 4) is 0 Å². The summed E-state index contributed by atoms with van der Waals surface area (Å²) in [4.78, 5) is 37.6. The number of Topliss-reactive ketones (excluding diaryl/α,β-unsaturated/α-hetero) is 1. The molecule has 0 N–H and O–H groups in total. The van der Waals surface area contributed by atoms with Crippen molar-refractivity contribution >= 4 is 29.0 Å². The number of esters is 1. The molecular formula is C18H19NO4S. The van der Waals surface area contributed by atoms with Gasteiger partial charge in [-0.05, 0) is 37.1 Å². The van der Waals surface area contributed by atoms with Crippen LogP contribution in [0.4, 0.5) is 0 Å². The third-order valence-corrected chi connectivity index (χ3v) is 4.74. The summed E-state index contributed by atoms with van der Waals surface area (Å²) in [6.07, 6.45) is 0. The number of ketones is 1. The number of thiophene rings is 1. The predicted molar refractivity (Wildman–Crippen MR) is 92.3 cm³/mol. The molecule has 24 heavy (non-hydrogen) atoms. The number of carbonyl (C=O) groups is 3. The lowest BCUT2D eigenvalue weighted by atomic mass is 10.1. The fourth-order valence-corrected chi connectivity index (χ4v) is 2.87. The van der Waals surface area contributed by atoms with E-state index in [9.17, 15) is 14.4 Å². The number of likely N-dealkylation sites (N-methyl/N-ethyl adjacent to an activating group) is 1. The molecule has 0 spiro atoms. The Morgan fingerprint density at radius 2 is 1.75 bits per heavy atom. The van der Waals surface area contributed by atoms with Crippen LogP contribution in [0.15, 0.2) is 36.4 Å². The molecule has 0 aliphatic carbocycles. The number of aryl methyl sites for hydroxylation is 1. The second-order valence-corrected chi connectivity index (χ2v) is 6.56. The summed E-state index contributed by atoms with van der Waals surface area (Å²) < 4.78 is 5.04. The Kier molecular flexibility index (Phi) is 5.87. The van der Waals surface area contributed by atoms with Gasteiger partial charge in [0.15, 0.2) is 12.4 Å². The molecule has 0 aliphatic heterocycles. The fourth-order valence-electron chi connectivity index (χ4n) is 2.08. The predicted octanol–water partition coefficient (Wildman–Crippen LogP) is 3.07. The molecule has 0 saturated heterocycles. The van der Waals surface area contributed by atoms with Gasteiger partial charge in [-0.2, -0.15) is 0 Å². The van der Waals surface area contributed by atoms with Crippen LogP contribution in [0.25, 0.3) is 0 Å². The Morgan fingerprint density at radius 1 is 1.08 bits per heavy atom. The van der Waals surface area contributed by atoms with Gasteiger partial charge in [-0.15, -0.1) is 11.3 Å². The minimum Gasteiger partial charge on any atom is -0.451 e. The Morgan fingerprint density at radius 3 is 2.38 bits per heavy atom. The number of hydrogen-bond donors (Lipinski definition) is 0. The molecule has 0 fully saturated rings. The molecule has 1 amide bonds. The van der Waals surface area contributed by atoms with Crippen LogP contribution in [0, 0.1) is 6.92 Å². The Bertz CT molecular complexity index is 766.